The van der Waals surface area contributed by atoms with Crippen LogP contribution >= 0.6 is 0 Å². The quantitative estimate of drug-likeness (QED) is 0.793. The summed E-state index contributed by atoms with van der Waals surface area (Å²) in [7, 11) is 0. The Morgan fingerprint density at radius 3 is 2.61 bits per heavy atom. The molecule has 0 saturated heterocycles. The van der Waals surface area contributed by atoms with Gasteiger partial charge in [0.2, 0.25) is 0 Å². The monoisotopic (exact) mass is 244 g/mol. The van der Waals surface area contributed by atoms with Gasteiger partial charge in [0.25, 0.3) is 0 Å². The standard InChI is InChI=1S/C16H24N2/c1-2-18(16-8-9-16)12-14-5-3-4-13(10-14)11-17-15-6-7-15/h3-5,10,15-17H,2,6-9,11-12H2,1H3. The molecule has 1 aromatic carbocycles. The third kappa shape index (κ3) is 3.33. The van der Waals surface area contributed by atoms with Crippen molar-refractivity contribution in [1.82, 2.24) is 10.2 Å². The van der Waals surface area contributed by atoms with Crippen LogP contribution in [-0.4, -0.2) is 23.5 Å². The van der Waals surface area contributed by atoms with Crippen LogP contribution in [0.2, 0.25) is 0 Å². The summed E-state index contributed by atoms with van der Waals surface area (Å²) in [6.07, 6.45) is 5.53. The molecule has 1 N–H and O–H groups in total. The second-order valence-electron chi connectivity index (χ2n) is 5.77. The molecule has 0 heterocycles. The van der Waals surface area contributed by atoms with Gasteiger partial charge in [0.05, 0.1) is 0 Å². The highest BCUT2D eigenvalue weighted by Crippen LogP contribution is 2.28. The van der Waals surface area contributed by atoms with Crippen LogP contribution in [0.25, 0.3) is 0 Å². The van der Waals surface area contributed by atoms with E-state index in [0.29, 0.717) is 0 Å². The van der Waals surface area contributed by atoms with E-state index in [1.807, 2.05) is 0 Å². The number of nitrogens with zero attached hydrogens (tertiary/aromatic N) is 1. The van der Waals surface area contributed by atoms with Gasteiger partial charge in [0.15, 0.2) is 0 Å². The molecule has 18 heavy (non-hydrogen) atoms. The van der Waals surface area contributed by atoms with E-state index >= 15 is 0 Å². The molecule has 2 aliphatic carbocycles. The molecule has 0 aliphatic heterocycles. The molecule has 2 nitrogen and oxygen atoms in total. The fourth-order valence-corrected chi connectivity index (χ4v) is 2.56. The highest BCUT2D eigenvalue weighted by molar-refractivity contribution is 5.23. The maximum atomic E-state index is 3.59. The van der Waals surface area contributed by atoms with E-state index in [2.05, 4.69) is 41.4 Å². The first-order chi connectivity index (χ1) is 8.85. The van der Waals surface area contributed by atoms with Crippen molar-refractivity contribution >= 4 is 0 Å². The first kappa shape index (κ1) is 12.2. The van der Waals surface area contributed by atoms with Gasteiger partial charge in [0.1, 0.15) is 0 Å². The maximum absolute atomic E-state index is 3.59. The molecule has 0 unspecified atom stereocenters. The van der Waals surface area contributed by atoms with Gasteiger partial charge in [-0.25, -0.2) is 0 Å². The summed E-state index contributed by atoms with van der Waals surface area (Å²) in [6.45, 7) is 5.61. The lowest BCUT2D eigenvalue weighted by Crippen LogP contribution is -2.25. The molecule has 2 heteroatoms. The lowest BCUT2D eigenvalue weighted by Gasteiger charge is -2.20. The largest absolute Gasteiger partial charge is 0.310 e. The second-order valence-corrected chi connectivity index (χ2v) is 5.77. The van der Waals surface area contributed by atoms with E-state index in [0.717, 1.165) is 25.2 Å². The predicted octanol–water partition coefficient (Wildman–Crippen LogP) is 2.92. The van der Waals surface area contributed by atoms with Crippen LogP contribution in [0.3, 0.4) is 0 Å². The molecule has 0 amide bonds. The minimum atomic E-state index is 0.798. The van der Waals surface area contributed by atoms with E-state index < -0.39 is 0 Å². The van der Waals surface area contributed by atoms with Gasteiger partial charge in [-0.15, -0.1) is 0 Å². The van der Waals surface area contributed by atoms with Crippen molar-refractivity contribution in [1.29, 1.82) is 0 Å². The summed E-state index contributed by atoms with van der Waals surface area (Å²) < 4.78 is 0. The summed E-state index contributed by atoms with van der Waals surface area (Å²) in [6, 6.07) is 10.8. The van der Waals surface area contributed by atoms with Crippen molar-refractivity contribution in [3.63, 3.8) is 0 Å². The fraction of sp³-hybridized carbons (Fsp3) is 0.625. The zero-order chi connectivity index (χ0) is 12.4. The number of nitrogens with one attached hydrogen (secondary N) is 1. The van der Waals surface area contributed by atoms with Gasteiger partial charge in [-0.2, -0.15) is 0 Å². The topological polar surface area (TPSA) is 15.3 Å². The number of benzene rings is 1. The number of rotatable bonds is 7. The average molecular weight is 244 g/mol. The molecule has 98 valence electrons. The molecule has 0 bridgehead atoms. The zero-order valence-corrected chi connectivity index (χ0v) is 11.4. The Morgan fingerprint density at radius 2 is 1.94 bits per heavy atom. The minimum Gasteiger partial charge on any atom is -0.310 e. The van der Waals surface area contributed by atoms with Gasteiger partial charge >= 0.3 is 0 Å². The van der Waals surface area contributed by atoms with Crippen LogP contribution in [0, 0.1) is 0 Å². The Kier molecular flexibility index (Phi) is 3.67. The first-order valence-corrected chi connectivity index (χ1v) is 7.40. The molecule has 2 fully saturated rings. The Hall–Kier alpha value is -0.860. The van der Waals surface area contributed by atoms with E-state index in [-0.39, 0.29) is 0 Å². The smallest absolute Gasteiger partial charge is 0.0236 e. The van der Waals surface area contributed by atoms with Gasteiger partial charge in [-0.3, -0.25) is 4.90 Å². The van der Waals surface area contributed by atoms with E-state index in [1.54, 1.807) is 0 Å². The Balaban J connectivity index is 1.58. The Labute approximate surface area is 110 Å². The molecular weight excluding hydrogens is 220 g/mol. The minimum absolute atomic E-state index is 0.798. The van der Waals surface area contributed by atoms with E-state index in [1.165, 1.54) is 43.4 Å². The molecule has 1 aromatic rings. The van der Waals surface area contributed by atoms with Crippen LogP contribution in [0.1, 0.15) is 43.7 Å². The zero-order valence-electron chi connectivity index (χ0n) is 11.4. The third-order valence-electron chi connectivity index (χ3n) is 4.02. The number of hydrogen-bond acceptors (Lipinski definition) is 2. The molecular formula is C16H24N2. The molecule has 0 radical (unpaired) electrons. The fourth-order valence-electron chi connectivity index (χ4n) is 2.56. The van der Waals surface area contributed by atoms with Gasteiger partial charge in [-0.1, -0.05) is 31.2 Å². The molecule has 2 aliphatic rings. The van der Waals surface area contributed by atoms with Crippen molar-refractivity contribution in [2.75, 3.05) is 6.54 Å². The lowest BCUT2D eigenvalue weighted by atomic mass is 10.1. The summed E-state index contributed by atoms with van der Waals surface area (Å²) in [5.41, 5.74) is 2.91. The maximum Gasteiger partial charge on any atom is 0.0236 e. The van der Waals surface area contributed by atoms with Crippen molar-refractivity contribution in [3.05, 3.63) is 35.4 Å². The van der Waals surface area contributed by atoms with Gasteiger partial charge in [0, 0.05) is 25.2 Å². The molecule has 0 atom stereocenters. The summed E-state index contributed by atoms with van der Waals surface area (Å²) in [5, 5.41) is 3.59. The summed E-state index contributed by atoms with van der Waals surface area (Å²) in [5.74, 6) is 0. The molecule has 0 spiro atoms. The number of hydrogen-bond donors (Lipinski definition) is 1. The molecule has 0 aromatic heterocycles. The van der Waals surface area contributed by atoms with Crippen LogP contribution in [-0.2, 0) is 13.1 Å². The van der Waals surface area contributed by atoms with Crippen LogP contribution < -0.4 is 5.32 Å². The Bertz CT molecular complexity index is 394. The molecule has 3 rings (SSSR count). The van der Waals surface area contributed by atoms with E-state index in [4.69, 9.17) is 0 Å². The average Bonchev–Trinajstić information content (AvgIpc) is 3.28. The van der Waals surface area contributed by atoms with Crippen molar-refractivity contribution in [2.24, 2.45) is 0 Å². The SMILES string of the molecule is CCN(Cc1cccc(CNC2CC2)c1)C1CC1. The summed E-state index contributed by atoms with van der Waals surface area (Å²) in [4.78, 5) is 2.60. The summed E-state index contributed by atoms with van der Waals surface area (Å²) >= 11 is 0. The normalized spacial score (nSPS) is 19.4. The third-order valence-corrected chi connectivity index (χ3v) is 4.02. The highest BCUT2D eigenvalue weighted by Gasteiger charge is 2.27. The molecule has 2 saturated carbocycles. The lowest BCUT2D eigenvalue weighted by molar-refractivity contribution is 0.269. The second kappa shape index (κ2) is 5.41. The first-order valence-electron chi connectivity index (χ1n) is 7.40. The Morgan fingerprint density at radius 1 is 1.17 bits per heavy atom. The van der Waals surface area contributed by atoms with Crippen molar-refractivity contribution in [3.8, 4) is 0 Å². The van der Waals surface area contributed by atoms with Crippen LogP contribution in [0.4, 0.5) is 0 Å². The van der Waals surface area contributed by atoms with Gasteiger partial charge in [-0.05, 0) is 43.4 Å². The van der Waals surface area contributed by atoms with Crippen LogP contribution in [0.5, 0.6) is 0 Å². The van der Waals surface area contributed by atoms with Crippen molar-refractivity contribution in [2.45, 2.75) is 57.8 Å². The van der Waals surface area contributed by atoms with Crippen molar-refractivity contribution < 1.29 is 0 Å². The predicted molar refractivity (Wildman–Crippen MR) is 75.4 cm³/mol. The van der Waals surface area contributed by atoms with Gasteiger partial charge < -0.3 is 5.32 Å². The highest BCUT2D eigenvalue weighted by atomic mass is 15.2. The van der Waals surface area contributed by atoms with Crippen LogP contribution in [0.15, 0.2) is 24.3 Å². The van der Waals surface area contributed by atoms with E-state index in [9.17, 15) is 0 Å².